The third-order valence-electron chi connectivity index (χ3n) is 0.683. The Bertz CT molecular complexity index is 88.4. The molecule has 0 aromatic rings. The van der Waals surface area contributed by atoms with Crippen LogP contribution in [0.1, 0.15) is 6.42 Å². The summed E-state index contributed by atoms with van der Waals surface area (Å²) in [6.45, 7) is 0.874. The van der Waals surface area contributed by atoms with Gasteiger partial charge in [0.15, 0.2) is 0 Å². The van der Waals surface area contributed by atoms with Crippen LogP contribution in [-0.4, -0.2) is 26.7 Å². The molecule has 0 aromatic carbocycles. The van der Waals surface area contributed by atoms with Crippen molar-refractivity contribution in [2.75, 3.05) is 6.54 Å². The van der Waals surface area contributed by atoms with Crippen LogP contribution in [0.4, 0.5) is 0 Å². The number of isothiocyanates is 1. The number of aliphatic imine (C=N–C) groups is 1. The first kappa shape index (κ1) is 8.32. The molecule has 0 saturated carbocycles. The zero-order valence-electron chi connectivity index (χ0n) is 4.89. The molecule has 0 aromatic heterocycles. The Hall–Kier alpha value is 0.319. The van der Waals surface area contributed by atoms with Crippen LogP contribution in [0.2, 0.25) is 11.1 Å². The van der Waals surface area contributed by atoms with Crippen molar-refractivity contribution in [3.8, 4) is 0 Å². The summed E-state index contributed by atoms with van der Waals surface area (Å²) in [5.74, 6) is 2.23. The van der Waals surface area contributed by atoms with Gasteiger partial charge in [-0.15, -0.1) is 0 Å². The number of hydrogen-bond donors (Lipinski definition) is 0. The summed E-state index contributed by atoms with van der Waals surface area (Å²) in [6, 6.07) is 0. The van der Waals surface area contributed by atoms with E-state index < -0.39 is 0 Å². The molecule has 3 heteroatoms. The molecule has 8 heavy (non-hydrogen) atoms. The maximum absolute atomic E-state index is 4.39. The molecule has 1 nitrogen and oxygen atoms in total. The number of rotatable bonds is 4. The van der Waals surface area contributed by atoms with Gasteiger partial charge in [-0.3, -0.25) is 0 Å². The van der Waals surface area contributed by atoms with Crippen LogP contribution in [0.3, 0.4) is 0 Å². The van der Waals surface area contributed by atoms with E-state index in [0.717, 1.165) is 21.5 Å². The summed E-state index contributed by atoms with van der Waals surface area (Å²) < 4.78 is 0. The minimum absolute atomic E-state index is 0.803. The predicted octanol–water partition coefficient (Wildman–Crippen LogP) is 1.65. The summed E-state index contributed by atoms with van der Waals surface area (Å²) in [6.07, 6.45) is 1.18. The van der Waals surface area contributed by atoms with E-state index in [1.807, 2.05) is 0 Å². The molecule has 0 fully saturated rings. The molecular formula is C5H9NSSe. The third kappa shape index (κ3) is 6.32. The zero-order valence-corrected chi connectivity index (χ0v) is 7.41. The fourth-order valence-corrected chi connectivity index (χ4v) is 1.30. The fraction of sp³-hybridized carbons (Fsp3) is 0.800. The van der Waals surface area contributed by atoms with Crippen molar-refractivity contribution in [1.29, 1.82) is 0 Å². The molecule has 0 radical (unpaired) electrons. The van der Waals surface area contributed by atoms with Gasteiger partial charge in [-0.05, 0) is 0 Å². The molecule has 0 unspecified atom stereocenters. The standard InChI is InChI=1S/C5H9NSSe/c1-8-4-2-3-6-5-7/h2-4H2,1H3. The Kier molecular flexibility index (Phi) is 7.61. The van der Waals surface area contributed by atoms with Crippen molar-refractivity contribution in [3.63, 3.8) is 0 Å². The van der Waals surface area contributed by atoms with Crippen LogP contribution in [0.25, 0.3) is 0 Å². The van der Waals surface area contributed by atoms with Gasteiger partial charge in [-0.2, -0.15) is 0 Å². The van der Waals surface area contributed by atoms with Gasteiger partial charge in [0, 0.05) is 0 Å². The first-order chi connectivity index (χ1) is 3.91. The van der Waals surface area contributed by atoms with Crippen molar-refractivity contribution >= 4 is 32.3 Å². The number of thiocarbonyl (C=S) groups is 1. The average molecular weight is 194 g/mol. The van der Waals surface area contributed by atoms with E-state index in [4.69, 9.17) is 0 Å². The molecule has 0 aliphatic rings. The van der Waals surface area contributed by atoms with Crippen molar-refractivity contribution in [1.82, 2.24) is 0 Å². The zero-order chi connectivity index (χ0) is 6.24. The van der Waals surface area contributed by atoms with E-state index in [-0.39, 0.29) is 0 Å². The predicted molar refractivity (Wildman–Crippen MR) is 40.9 cm³/mol. The monoisotopic (exact) mass is 195 g/mol. The minimum atomic E-state index is 0.803. The van der Waals surface area contributed by atoms with E-state index in [1.54, 1.807) is 0 Å². The van der Waals surface area contributed by atoms with Crippen molar-refractivity contribution in [3.05, 3.63) is 0 Å². The second-order valence-corrected chi connectivity index (χ2v) is 3.57. The van der Waals surface area contributed by atoms with Gasteiger partial charge in [0.05, 0.1) is 0 Å². The molecule has 0 saturated heterocycles. The van der Waals surface area contributed by atoms with Crippen LogP contribution >= 0.6 is 12.2 Å². The fourth-order valence-electron chi connectivity index (χ4n) is 0.334. The second kappa shape index (κ2) is 7.32. The van der Waals surface area contributed by atoms with Gasteiger partial charge in [0.25, 0.3) is 0 Å². The van der Waals surface area contributed by atoms with E-state index in [2.05, 4.69) is 28.2 Å². The molecule has 0 bridgehead atoms. The van der Waals surface area contributed by atoms with E-state index in [9.17, 15) is 0 Å². The Morgan fingerprint density at radius 2 is 2.50 bits per heavy atom. The Balaban J connectivity index is 2.82. The Morgan fingerprint density at radius 1 is 1.75 bits per heavy atom. The molecular weight excluding hydrogens is 185 g/mol. The summed E-state index contributed by atoms with van der Waals surface area (Å²) >= 11 is 5.19. The summed E-state index contributed by atoms with van der Waals surface area (Å²) in [5, 5.41) is 3.65. The first-order valence-electron chi connectivity index (χ1n) is 2.44. The molecule has 0 rings (SSSR count). The van der Waals surface area contributed by atoms with Crippen molar-refractivity contribution in [2.24, 2.45) is 4.99 Å². The molecule has 0 spiro atoms. The molecule has 0 atom stereocenters. The van der Waals surface area contributed by atoms with Crippen LogP contribution < -0.4 is 0 Å². The molecule has 0 aliphatic heterocycles. The van der Waals surface area contributed by atoms with Crippen LogP contribution in [0.15, 0.2) is 4.99 Å². The third-order valence-corrected chi connectivity index (χ3v) is 2.27. The van der Waals surface area contributed by atoms with Crippen molar-refractivity contribution < 1.29 is 0 Å². The Labute approximate surface area is 61.7 Å². The second-order valence-electron chi connectivity index (χ2n) is 1.32. The molecule has 0 heterocycles. The van der Waals surface area contributed by atoms with Gasteiger partial charge in [-0.25, -0.2) is 0 Å². The molecule has 0 amide bonds. The molecule has 46 valence electrons. The molecule has 0 N–H and O–H groups in total. The van der Waals surface area contributed by atoms with Crippen LogP contribution in [0, 0.1) is 0 Å². The van der Waals surface area contributed by atoms with Gasteiger partial charge in [0.2, 0.25) is 0 Å². The SMILES string of the molecule is C[Se]CCCN=C=S. The van der Waals surface area contributed by atoms with Crippen LogP contribution in [-0.2, 0) is 0 Å². The van der Waals surface area contributed by atoms with Gasteiger partial charge < -0.3 is 0 Å². The molecule has 0 aliphatic carbocycles. The van der Waals surface area contributed by atoms with Gasteiger partial charge in [-0.1, -0.05) is 0 Å². The normalized spacial score (nSPS) is 8.12. The average Bonchev–Trinajstić information content (AvgIpc) is 1.81. The van der Waals surface area contributed by atoms with Gasteiger partial charge >= 0.3 is 61.4 Å². The maximum atomic E-state index is 4.39. The van der Waals surface area contributed by atoms with Crippen molar-refractivity contribution in [2.45, 2.75) is 17.6 Å². The number of nitrogens with zero attached hydrogens (tertiary/aromatic N) is 1. The van der Waals surface area contributed by atoms with E-state index in [1.165, 1.54) is 11.7 Å². The summed E-state index contributed by atoms with van der Waals surface area (Å²) in [7, 11) is 0. The van der Waals surface area contributed by atoms with Gasteiger partial charge in [0.1, 0.15) is 0 Å². The van der Waals surface area contributed by atoms with E-state index >= 15 is 0 Å². The Morgan fingerprint density at radius 3 is 3.00 bits per heavy atom. The summed E-state index contributed by atoms with van der Waals surface area (Å²) in [4.78, 5) is 3.78. The number of hydrogen-bond acceptors (Lipinski definition) is 2. The van der Waals surface area contributed by atoms with Crippen LogP contribution in [0.5, 0.6) is 0 Å². The summed E-state index contributed by atoms with van der Waals surface area (Å²) in [5.41, 5.74) is 0. The first-order valence-corrected chi connectivity index (χ1v) is 5.77. The van der Waals surface area contributed by atoms with E-state index in [0.29, 0.717) is 0 Å². The topological polar surface area (TPSA) is 12.4 Å². The quantitative estimate of drug-likeness (QED) is 0.287.